The number of carbonyl (C=O) groups is 1. The van der Waals surface area contributed by atoms with Gasteiger partial charge >= 0.3 is 0 Å². The predicted octanol–water partition coefficient (Wildman–Crippen LogP) is 2.40. The highest BCUT2D eigenvalue weighted by Gasteiger charge is 2.35. The van der Waals surface area contributed by atoms with Gasteiger partial charge in [0.25, 0.3) is 0 Å². The Morgan fingerprint density at radius 1 is 1.33 bits per heavy atom. The Kier molecular flexibility index (Phi) is 4.00. The molecule has 2 N–H and O–H groups in total. The summed E-state index contributed by atoms with van der Waals surface area (Å²) in [6.07, 6.45) is 5.41. The number of piperidine rings is 1. The zero-order chi connectivity index (χ0) is 13.3. The van der Waals surface area contributed by atoms with E-state index in [2.05, 4.69) is 25.7 Å². The van der Waals surface area contributed by atoms with Crippen molar-refractivity contribution >= 4 is 5.91 Å². The summed E-state index contributed by atoms with van der Waals surface area (Å²) in [7, 11) is 0. The van der Waals surface area contributed by atoms with E-state index in [1.54, 1.807) is 0 Å². The van der Waals surface area contributed by atoms with Crippen molar-refractivity contribution in [1.82, 2.24) is 4.90 Å². The van der Waals surface area contributed by atoms with E-state index in [1.165, 1.54) is 6.42 Å². The fraction of sp³-hybridized carbons (Fsp3) is 0.933. The molecule has 1 saturated heterocycles. The molecular formula is C15H28N2O. The van der Waals surface area contributed by atoms with E-state index in [-0.39, 0.29) is 17.4 Å². The Bertz CT molecular complexity index is 314. The SMILES string of the molecule is CC1CCC(C(=O)N2CCCC(C)(C)C2)CC1N. The molecule has 0 aromatic rings. The second-order valence-electron chi connectivity index (χ2n) is 7.18. The first kappa shape index (κ1) is 13.9. The molecule has 1 amide bonds. The van der Waals surface area contributed by atoms with Gasteiger partial charge in [0.15, 0.2) is 0 Å². The van der Waals surface area contributed by atoms with Gasteiger partial charge in [0.2, 0.25) is 5.91 Å². The molecule has 3 atom stereocenters. The van der Waals surface area contributed by atoms with Crippen molar-refractivity contribution < 1.29 is 4.79 Å². The molecular weight excluding hydrogens is 224 g/mol. The molecule has 3 nitrogen and oxygen atoms in total. The van der Waals surface area contributed by atoms with Gasteiger partial charge < -0.3 is 10.6 Å². The average molecular weight is 252 g/mol. The molecule has 3 unspecified atom stereocenters. The van der Waals surface area contributed by atoms with E-state index in [9.17, 15) is 4.79 Å². The van der Waals surface area contributed by atoms with Crippen LogP contribution in [0, 0.1) is 17.3 Å². The average Bonchev–Trinajstić information content (AvgIpc) is 2.30. The summed E-state index contributed by atoms with van der Waals surface area (Å²) in [5.41, 5.74) is 6.41. The maximum atomic E-state index is 12.6. The summed E-state index contributed by atoms with van der Waals surface area (Å²) >= 11 is 0. The summed E-state index contributed by atoms with van der Waals surface area (Å²) < 4.78 is 0. The van der Waals surface area contributed by atoms with Gasteiger partial charge in [-0.05, 0) is 43.4 Å². The monoisotopic (exact) mass is 252 g/mol. The fourth-order valence-electron chi connectivity index (χ4n) is 3.45. The van der Waals surface area contributed by atoms with E-state index < -0.39 is 0 Å². The highest BCUT2D eigenvalue weighted by Crippen LogP contribution is 2.33. The number of likely N-dealkylation sites (tertiary alicyclic amines) is 1. The van der Waals surface area contributed by atoms with Crippen molar-refractivity contribution in [2.24, 2.45) is 23.0 Å². The number of rotatable bonds is 1. The van der Waals surface area contributed by atoms with Gasteiger partial charge in [-0.1, -0.05) is 20.8 Å². The lowest BCUT2D eigenvalue weighted by molar-refractivity contribution is -0.140. The zero-order valence-electron chi connectivity index (χ0n) is 12.1. The molecule has 1 aliphatic heterocycles. The third-order valence-electron chi connectivity index (χ3n) is 4.82. The van der Waals surface area contributed by atoms with Crippen LogP contribution in [0.15, 0.2) is 0 Å². The van der Waals surface area contributed by atoms with Crippen molar-refractivity contribution in [3.05, 3.63) is 0 Å². The van der Waals surface area contributed by atoms with Crippen LogP contribution in [0.1, 0.15) is 52.9 Å². The molecule has 3 heteroatoms. The minimum absolute atomic E-state index is 0.185. The molecule has 18 heavy (non-hydrogen) atoms. The topological polar surface area (TPSA) is 46.3 Å². The number of amides is 1. The Hall–Kier alpha value is -0.570. The number of nitrogens with two attached hydrogens (primary N) is 1. The Morgan fingerprint density at radius 2 is 2.06 bits per heavy atom. The largest absolute Gasteiger partial charge is 0.342 e. The first-order chi connectivity index (χ1) is 8.39. The number of hydrogen-bond acceptors (Lipinski definition) is 2. The summed E-state index contributed by atoms with van der Waals surface area (Å²) in [6.45, 7) is 8.61. The van der Waals surface area contributed by atoms with Crippen LogP contribution in [0.5, 0.6) is 0 Å². The zero-order valence-corrected chi connectivity index (χ0v) is 12.1. The second-order valence-corrected chi connectivity index (χ2v) is 7.18. The summed E-state index contributed by atoms with van der Waals surface area (Å²) in [6, 6.07) is 0.213. The Labute approximate surface area is 111 Å². The minimum atomic E-state index is 0.185. The summed E-state index contributed by atoms with van der Waals surface area (Å²) in [5.74, 6) is 1.13. The van der Waals surface area contributed by atoms with Gasteiger partial charge in [0, 0.05) is 25.0 Å². The lowest BCUT2D eigenvalue weighted by Crippen LogP contribution is -2.48. The molecule has 2 aliphatic rings. The van der Waals surface area contributed by atoms with Crippen molar-refractivity contribution in [3.8, 4) is 0 Å². The number of hydrogen-bond donors (Lipinski definition) is 1. The summed E-state index contributed by atoms with van der Waals surface area (Å²) in [4.78, 5) is 14.7. The highest BCUT2D eigenvalue weighted by atomic mass is 16.2. The molecule has 1 aliphatic carbocycles. The van der Waals surface area contributed by atoms with E-state index in [4.69, 9.17) is 5.73 Å². The molecule has 0 radical (unpaired) electrons. The standard InChI is InChI=1S/C15H28N2O/c1-11-5-6-12(9-13(11)16)14(18)17-8-4-7-15(2,3)10-17/h11-13H,4-10,16H2,1-3H3. The van der Waals surface area contributed by atoms with Gasteiger partial charge in [0.05, 0.1) is 0 Å². The summed E-state index contributed by atoms with van der Waals surface area (Å²) in [5, 5.41) is 0. The van der Waals surface area contributed by atoms with Crippen LogP contribution >= 0.6 is 0 Å². The van der Waals surface area contributed by atoms with Crippen molar-refractivity contribution in [3.63, 3.8) is 0 Å². The Balaban J connectivity index is 1.95. The van der Waals surface area contributed by atoms with Crippen LogP contribution < -0.4 is 5.73 Å². The van der Waals surface area contributed by atoms with Crippen LogP contribution in [-0.4, -0.2) is 29.9 Å². The first-order valence-corrected chi connectivity index (χ1v) is 7.43. The Morgan fingerprint density at radius 3 is 2.67 bits per heavy atom. The van der Waals surface area contributed by atoms with Crippen LogP contribution in [0.25, 0.3) is 0 Å². The lowest BCUT2D eigenvalue weighted by Gasteiger charge is -2.41. The van der Waals surface area contributed by atoms with E-state index in [1.807, 2.05) is 0 Å². The normalized spacial score (nSPS) is 36.4. The van der Waals surface area contributed by atoms with Gasteiger partial charge in [-0.25, -0.2) is 0 Å². The van der Waals surface area contributed by atoms with Crippen LogP contribution in [0.3, 0.4) is 0 Å². The third-order valence-corrected chi connectivity index (χ3v) is 4.82. The molecule has 0 aromatic carbocycles. The molecule has 2 rings (SSSR count). The maximum absolute atomic E-state index is 12.6. The third kappa shape index (κ3) is 3.05. The number of carbonyl (C=O) groups excluding carboxylic acids is 1. The van der Waals surface area contributed by atoms with Gasteiger partial charge in [-0.3, -0.25) is 4.79 Å². The number of nitrogens with zero attached hydrogens (tertiary/aromatic N) is 1. The van der Waals surface area contributed by atoms with Crippen molar-refractivity contribution in [2.75, 3.05) is 13.1 Å². The van der Waals surface area contributed by atoms with Crippen LogP contribution in [0.2, 0.25) is 0 Å². The second kappa shape index (κ2) is 5.20. The molecule has 1 heterocycles. The van der Waals surface area contributed by atoms with Gasteiger partial charge in [0.1, 0.15) is 0 Å². The van der Waals surface area contributed by atoms with E-state index in [0.717, 1.165) is 38.8 Å². The van der Waals surface area contributed by atoms with Crippen molar-refractivity contribution in [2.45, 2.75) is 58.9 Å². The van der Waals surface area contributed by atoms with E-state index in [0.29, 0.717) is 11.8 Å². The van der Waals surface area contributed by atoms with Crippen molar-refractivity contribution in [1.29, 1.82) is 0 Å². The highest BCUT2D eigenvalue weighted by molar-refractivity contribution is 5.79. The molecule has 1 saturated carbocycles. The quantitative estimate of drug-likeness (QED) is 0.779. The molecule has 0 spiro atoms. The van der Waals surface area contributed by atoms with Gasteiger partial charge in [-0.15, -0.1) is 0 Å². The van der Waals surface area contributed by atoms with Crippen LogP contribution in [0.4, 0.5) is 0 Å². The maximum Gasteiger partial charge on any atom is 0.225 e. The molecule has 0 bridgehead atoms. The minimum Gasteiger partial charge on any atom is -0.342 e. The molecule has 104 valence electrons. The van der Waals surface area contributed by atoms with Gasteiger partial charge in [-0.2, -0.15) is 0 Å². The molecule has 2 fully saturated rings. The predicted molar refractivity (Wildman–Crippen MR) is 74.1 cm³/mol. The van der Waals surface area contributed by atoms with E-state index >= 15 is 0 Å². The molecule has 0 aromatic heterocycles. The smallest absolute Gasteiger partial charge is 0.225 e. The van der Waals surface area contributed by atoms with Crippen LogP contribution in [-0.2, 0) is 4.79 Å². The first-order valence-electron chi connectivity index (χ1n) is 7.43. The lowest BCUT2D eigenvalue weighted by atomic mass is 9.78. The fourth-order valence-corrected chi connectivity index (χ4v) is 3.45.